The molecule has 0 saturated heterocycles. The van der Waals surface area contributed by atoms with Crippen LogP contribution >= 0.6 is 0 Å². The number of carboxylic acid groups (broad SMARTS) is 1. The highest BCUT2D eigenvalue weighted by Crippen LogP contribution is 2.13. The SMILES string of the molecule is CC(C)(CNCc1ccncc1)C(=O)O. The summed E-state index contributed by atoms with van der Waals surface area (Å²) in [5.41, 5.74) is 0.374. The van der Waals surface area contributed by atoms with E-state index in [9.17, 15) is 4.79 Å². The first-order chi connectivity index (χ1) is 7.02. The molecule has 0 radical (unpaired) electrons. The van der Waals surface area contributed by atoms with E-state index in [1.807, 2.05) is 12.1 Å². The number of nitrogens with one attached hydrogen (secondary N) is 1. The van der Waals surface area contributed by atoms with Crippen LogP contribution in [0.25, 0.3) is 0 Å². The van der Waals surface area contributed by atoms with Gasteiger partial charge < -0.3 is 10.4 Å². The van der Waals surface area contributed by atoms with Gasteiger partial charge in [-0.3, -0.25) is 9.78 Å². The Balaban J connectivity index is 2.37. The number of nitrogens with zero attached hydrogens (tertiary/aromatic N) is 1. The molecule has 0 fully saturated rings. The average molecular weight is 208 g/mol. The molecule has 82 valence electrons. The van der Waals surface area contributed by atoms with E-state index in [-0.39, 0.29) is 0 Å². The van der Waals surface area contributed by atoms with Crippen molar-refractivity contribution in [3.63, 3.8) is 0 Å². The fourth-order valence-electron chi connectivity index (χ4n) is 1.10. The van der Waals surface area contributed by atoms with Crippen LogP contribution in [0.3, 0.4) is 0 Å². The Labute approximate surface area is 89.3 Å². The van der Waals surface area contributed by atoms with Crippen LogP contribution in [0, 0.1) is 5.41 Å². The zero-order valence-electron chi connectivity index (χ0n) is 9.03. The van der Waals surface area contributed by atoms with Crippen molar-refractivity contribution in [3.05, 3.63) is 30.1 Å². The quantitative estimate of drug-likeness (QED) is 0.765. The van der Waals surface area contributed by atoms with Gasteiger partial charge in [0.15, 0.2) is 0 Å². The summed E-state index contributed by atoms with van der Waals surface area (Å²) in [6, 6.07) is 3.81. The first-order valence-electron chi connectivity index (χ1n) is 4.85. The topological polar surface area (TPSA) is 62.2 Å². The number of aromatic nitrogens is 1. The summed E-state index contributed by atoms with van der Waals surface area (Å²) in [5.74, 6) is -0.787. The minimum absolute atomic E-state index is 0.449. The van der Waals surface area contributed by atoms with Gasteiger partial charge in [0.2, 0.25) is 0 Å². The smallest absolute Gasteiger partial charge is 0.310 e. The van der Waals surface area contributed by atoms with Crippen LogP contribution in [-0.2, 0) is 11.3 Å². The van der Waals surface area contributed by atoms with E-state index in [1.165, 1.54) is 0 Å². The fourth-order valence-corrected chi connectivity index (χ4v) is 1.10. The van der Waals surface area contributed by atoms with Gasteiger partial charge in [-0.05, 0) is 31.5 Å². The van der Waals surface area contributed by atoms with E-state index < -0.39 is 11.4 Å². The molecule has 0 saturated carbocycles. The van der Waals surface area contributed by atoms with Gasteiger partial charge >= 0.3 is 5.97 Å². The molecule has 4 nitrogen and oxygen atoms in total. The second-order valence-electron chi connectivity index (χ2n) is 4.15. The molecule has 1 aromatic heterocycles. The minimum atomic E-state index is -0.787. The maximum absolute atomic E-state index is 10.8. The van der Waals surface area contributed by atoms with Gasteiger partial charge in [0.25, 0.3) is 0 Å². The number of aliphatic carboxylic acids is 1. The minimum Gasteiger partial charge on any atom is -0.481 e. The highest BCUT2D eigenvalue weighted by molar-refractivity contribution is 5.73. The van der Waals surface area contributed by atoms with Crippen LogP contribution in [-0.4, -0.2) is 22.6 Å². The van der Waals surface area contributed by atoms with Crippen molar-refractivity contribution in [2.24, 2.45) is 5.41 Å². The highest BCUT2D eigenvalue weighted by atomic mass is 16.4. The number of carbonyl (C=O) groups is 1. The Morgan fingerprint density at radius 2 is 2.07 bits per heavy atom. The van der Waals surface area contributed by atoms with E-state index >= 15 is 0 Å². The lowest BCUT2D eigenvalue weighted by molar-refractivity contribution is -0.146. The zero-order chi connectivity index (χ0) is 11.3. The summed E-state index contributed by atoms with van der Waals surface area (Å²) >= 11 is 0. The summed E-state index contributed by atoms with van der Waals surface area (Å²) in [7, 11) is 0. The van der Waals surface area contributed by atoms with Crippen molar-refractivity contribution < 1.29 is 9.90 Å². The van der Waals surface area contributed by atoms with Crippen molar-refractivity contribution in [2.75, 3.05) is 6.54 Å². The molecular formula is C11H16N2O2. The molecule has 1 heterocycles. The van der Waals surface area contributed by atoms with Gasteiger partial charge in [0.05, 0.1) is 5.41 Å². The molecule has 0 amide bonds. The maximum Gasteiger partial charge on any atom is 0.310 e. The zero-order valence-corrected chi connectivity index (χ0v) is 9.03. The third-order valence-electron chi connectivity index (χ3n) is 2.22. The Kier molecular flexibility index (Phi) is 3.80. The molecule has 1 aromatic rings. The van der Waals surface area contributed by atoms with Crippen molar-refractivity contribution in [3.8, 4) is 0 Å². The first-order valence-corrected chi connectivity index (χ1v) is 4.85. The standard InChI is InChI=1S/C11H16N2O2/c1-11(2,10(14)15)8-13-7-9-3-5-12-6-4-9/h3-6,13H,7-8H2,1-2H3,(H,14,15). The normalized spacial score (nSPS) is 11.3. The molecule has 0 aliphatic heterocycles. The van der Waals surface area contributed by atoms with E-state index in [0.29, 0.717) is 13.1 Å². The molecule has 4 heteroatoms. The van der Waals surface area contributed by atoms with Crippen molar-refractivity contribution in [1.29, 1.82) is 0 Å². The predicted octanol–water partition coefficient (Wildman–Crippen LogP) is 1.28. The van der Waals surface area contributed by atoms with E-state index in [1.54, 1.807) is 26.2 Å². The molecule has 0 unspecified atom stereocenters. The third-order valence-corrected chi connectivity index (χ3v) is 2.22. The Bertz CT molecular complexity index is 323. The number of hydrogen-bond donors (Lipinski definition) is 2. The molecule has 0 aromatic carbocycles. The van der Waals surface area contributed by atoms with Crippen molar-refractivity contribution in [2.45, 2.75) is 20.4 Å². The lowest BCUT2D eigenvalue weighted by Gasteiger charge is -2.19. The Morgan fingerprint density at radius 1 is 1.47 bits per heavy atom. The second kappa shape index (κ2) is 4.89. The van der Waals surface area contributed by atoms with Crippen LogP contribution in [0.2, 0.25) is 0 Å². The van der Waals surface area contributed by atoms with Crippen molar-refractivity contribution in [1.82, 2.24) is 10.3 Å². The predicted molar refractivity (Wildman–Crippen MR) is 57.4 cm³/mol. The summed E-state index contributed by atoms with van der Waals surface area (Å²) in [5, 5.41) is 12.0. The maximum atomic E-state index is 10.8. The van der Waals surface area contributed by atoms with Crippen LogP contribution in [0.4, 0.5) is 0 Å². The number of pyridine rings is 1. The molecule has 0 bridgehead atoms. The average Bonchev–Trinajstić information content (AvgIpc) is 2.19. The van der Waals surface area contributed by atoms with Gasteiger partial charge in [-0.25, -0.2) is 0 Å². The van der Waals surface area contributed by atoms with Crippen LogP contribution in [0.15, 0.2) is 24.5 Å². The number of rotatable bonds is 5. The largest absolute Gasteiger partial charge is 0.481 e. The lowest BCUT2D eigenvalue weighted by atomic mass is 9.94. The number of carboxylic acids is 1. The molecule has 0 aliphatic rings. The van der Waals surface area contributed by atoms with Crippen LogP contribution in [0.5, 0.6) is 0 Å². The Hall–Kier alpha value is -1.42. The second-order valence-corrected chi connectivity index (χ2v) is 4.15. The molecule has 2 N–H and O–H groups in total. The van der Waals surface area contributed by atoms with E-state index in [2.05, 4.69) is 10.3 Å². The first kappa shape index (κ1) is 11.7. The van der Waals surface area contributed by atoms with Gasteiger partial charge in [0.1, 0.15) is 0 Å². The van der Waals surface area contributed by atoms with Gasteiger partial charge in [0, 0.05) is 25.5 Å². The molecule has 0 atom stereocenters. The molecule has 0 aliphatic carbocycles. The highest BCUT2D eigenvalue weighted by Gasteiger charge is 2.26. The summed E-state index contributed by atoms with van der Waals surface area (Å²) < 4.78 is 0. The molecule has 0 spiro atoms. The van der Waals surface area contributed by atoms with E-state index in [0.717, 1.165) is 5.56 Å². The third kappa shape index (κ3) is 3.67. The Morgan fingerprint density at radius 3 is 2.60 bits per heavy atom. The summed E-state index contributed by atoms with van der Waals surface area (Å²) in [6.07, 6.45) is 3.44. The summed E-state index contributed by atoms with van der Waals surface area (Å²) in [6.45, 7) is 4.52. The number of hydrogen-bond acceptors (Lipinski definition) is 3. The molecule has 15 heavy (non-hydrogen) atoms. The monoisotopic (exact) mass is 208 g/mol. The van der Waals surface area contributed by atoms with Crippen molar-refractivity contribution >= 4 is 5.97 Å². The van der Waals surface area contributed by atoms with Gasteiger partial charge in [-0.2, -0.15) is 0 Å². The van der Waals surface area contributed by atoms with Crippen LogP contribution < -0.4 is 5.32 Å². The fraction of sp³-hybridized carbons (Fsp3) is 0.455. The molecule has 1 rings (SSSR count). The van der Waals surface area contributed by atoms with E-state index in [4.69, 9.17) is 5.11 Å². The summed E-state index contributed by atoms with van der Waals surface area (Å²) in [4.78, 5) is 14.7. The lowest BCUT2D eigenvalue weighted by Crippen LogP contribution is -2.35. The van der Waals surface area contributed by atoms with Crippen LogP contribution in [0.1, 0.15) is 19.4 Å². The van der Waals surface area contributed by atoms with Gasteiger partial charge in [-0.1, -0.05) is 0 Å². The molecular weight excluding hydrogens is 192 g/mol. The van der Waals surface area contributed by atoms with Gasteiger partial charge in [-0.15, -0.1) is 0 Å².